The summed E-state index contributed by atoms with van der Waals surface area (Å²) in [5.74, 6) is -4.18. The molecule has 0 unspecified atom stereocenters. The molecule has 1 saturated heterocycles. The molecular formula is C20H14N2O8. The van der Waals surface area contributed by atoms with Crippen molar-refractivity contribution in [3.05, 3.63) is 65.4 Å². The smallest absolute Gasteiger partial charge is 0.335 e. The number of aromatic carboxylic acids is 2. The minimum atomic E-state index is -1.32. The summed E-state index contributed by atoms with van der Waals surface area (Å²) in [7, 11) is 0. The molecule has 1 aromatic heterocycles. The number of imide groups is 2. The number of amides is 4. The van der Waals surface area contributed by atoms with Gasteiger partial charge in [-0.1, -0.05) is 6.08 Å². The van der Waals surface area contributed by atoms with Gasteiger partial charge in [0.1, 0.15) is 17.1 Å². The number of hydrogen-bond acceptors (Lipinski definition) is 6. The minimum Gasteiger partial charge on any atom is -0.478 e. The molecule has 30 heavy (non-hydrogen) atoms. The van der Waals surface area contributed by atoms with E-state index in [-0.39, 0.29) is 40.3 Å². The van der Waals surface area contributed by atoms with Crippen molar-refractivity contribution in [3.63, 3.8) is 0 Å². The van der Waals surface area contributed by atoms with Crippen molar-refractivity contribution in [2.45, 2.75) is 0 Å². The van der Waals surface area contributed by atoms with Gasteiger partial charge in [-0.15, -0.1) is 6.58 Å². The van der Waals surface area contributed by atoms with E-state index >= 15 is 0 Å². The Morgan fingerprint density at radius 3 is 2.27 bits per heavy atom. The highest BCUT2D eigenvalue weighted by molar-refractivity contribution is 6.30. The second kappa shape index (κ2) is 7.87. The van der Waals surface area contributed by atoms with Crippen LogP contribution in [-0.4, -0.2) is 51.4 Å². The highest BCUT2D eigenvalue weighted by Gasteiger charge is 2.35. The number of furan rings is 1. The Hall–Kier alpha value is -4.47. The zero-order valence-corrected chi connectivity index (χ0v) is 15.2. The molecule has 0 radical (unpaired) electrons. The maximum Gasteiger partial charge on any atom is 0.335 e. The van der Waals surface area contributed by atoms with Gasteiger partial charge in [-0.25, -0.2) is 14.4 Å². The molecule has 2 aromatic rings. The first-order chi connectivity index (χ1) is 14.2. The Labute approximate surface area is 168 Å². The Balaban J connectivity index is 1.99. The molecule has 0 atom stereocenters. The van der Waals surface area contributed by atoms with Gasteiger partial charge in [-0.3, -0.25) is 19.8 Å². The third-order valence-corrected chi connectivity index (χ3v) is 4.12. The van der Waals surface area contributed by atoms with Crippen LogP contribution in [0.15, 0.2) is 53.0 Å². The molecule has 0 aliphatic carbocycles. The number of carbonyl (C=O) groups is 5. The molecule has 1 aromatic carbocycles. The number of urea groups is 1. The van der Waals surface area contributed by atoms with Crippen LogP contribution in [0.3, 0.4) is 0 Å². The van der Waals surface area contributed by atoms with Crippen molar-refractivity contribution in [1.29, 1.82) is 0 Å². The molecule has 3 N–H and O–H groups in total. The molecule has 0 bridgehead atoms. The monoisotopic (exact) mass is 410 g/mol. The molecule has 2 heterocycles. The summed E-state index contributed by atoms with van der Waals surface area (Å²) in [4.78, 5) is 59.5. The average molecular weight is 410 g/mol. The standard InChI is InChI=1S/C20H14N2O8/c1-2-5-22-17(24)14(16(23)21-20(22)29)9-13-3-4-15(30-13)10-6-11(18(25)26)8-12(7-10)19(27)28/h2-4,6-9H,1,5H2,(H,25,26)(H,27,28)(H,21,23,29)/b14-9-. The third kappa shape index (κ3) is 3.87. The second-order valence-electron chi connectivity index (χ2n) is 6.13. The van der Waals surface area contributed by atoms with Crippen molar-refractivity contribution < 1.29 is 38.6 Å². The number of nitrogens with one attached hydrogen (secondary N) is 1. The van der Waals surface area contributed by atoms with Crippen molar-refractivity contribution in [2.75, 3.05) is 6.54 Å². The van der Waals surface area contributed by atoms with Crippen molar-refractivity contribution in [2.24, 2.45) is 0 Å². The second-order valence-corrected chi connectivity index (χ2v) is 6.13. The Morgan fingerprint density at radius 2 is 1.70 bits per heavy atom. The SMILES string of the molecule is C=CCN1C(=O)NC(=O)/C(=C/c2ccc(-c3cc(C(=O)O)cc(C(=O)O)c3)o2)C1=O. The first-order valence-electron chi connectivity index (χ1n) is 8.43. The quantitative estimate of drug-likeness (QED) is 0.371. The van der Waals surface area contributed by atoms with E-state index in [1.165, 1.54) is 30.3 Å². The van der Waals surface area contributed by atoms with Crippen LogP contribution in [0.5, 0.6) is 0 Å². The Morgan fingerprint density at radius 1 is 1.07 bits per heavy atom. The third-order valence-electron chi connectivity index (χ3n) is 4.12. The topological polar surface area (TPSA) is 154 Å². The fourth-order valence-electron chi connectivity index (χ4n) is 2.73. The van der Waals surface area contributed by atoms with E-state index in [4.69, 9.17) is 4.42 Å². The lowest BCUT2D eigenvalue weighted by Crippen LogP contribution is -2.54. The molecular weight excluding hydrogens is 396 g/mol. The first-order valence-corrected chi connectivity index (χ1v) is 8.43. The van der Waals surface area contributed by atoms with Crippen LogP contribution >= 0.6 is 0 Å². The summed E-state index contributed by atoms with van der Waals surface area (Å²) in [6, 6.07) is 5.44. The summed E-state index contributed by atoms with van der Waals surface area (Å²) in [6.45, 7) is 3.35. The summed E-state index contributed by atoms with van der Waals surface area (Å²) >= 11 is 0. The van der Waals surface area contributed by atoms with E-state index in [9.17, 15) is 34.2 Å². The fraction of sp³-hybridized carbons (Fsp3) is 0.0500. The summed E-state index contributed by atoms with van der Waals surface area (Å²) in [6.07, 6.45) is 2.45. The van der Waals surface area contributed by atoms with Crippen molar-refractivity contribution in [1.82, 2.24) is 10.2 Å². The average Bonchev–Trinajstić information content (AvgIpc) is 3.16. The molecule has 3 rings (SSSR count). The minimum absolute atomic E-state index is 0.0639. The van der Waals surface area contributed by atoms with Crippen molar-refractivity contribution >= 4 is 35.9 Å². The molecule has 152 valence electrons. The van der Waals surface area contributed by atoms with Crippen LogP contribution in [-0.2, 0) is 9.59 Å². The van der Waals surface area contributed by atoms with E-state index in [2.05, 4.69) is 6.58 Å². The van der Waals surface area contributed by atoms with Crippen LogP contribution in [0.1, 0.15) is 26.5 Å². The molecule has 0 saturated carbocycles. The number of rotatable bonds is 6. The number of hydrogen-bond donors (Lipinski definition) is 3. The summed E-state index contributed by atoms with van der Waals surface area (Å²) in [5.41, 5.74) is -0.661. The lowest BCUT2D eigenvalue weighted by Gasteiger charge is -2.24. The van der Waals surface area contributed by atoms with Gasteiger partial charge in [-0.2, -0.15) is 0 Å². The normalized spacial score (nSPS) is 15.3. The Kier molecular flexibility index (Phi) is 5.32. The summed E-state index contributed by atoms with van der Waals surface area (Å²) < 4.78 is 5.54. The van der Waals surface area contributed by atoms with Crippen LogP contribution < -0.4 is 5.32 Å². The molecule has 10 nitrogen and oxygen atoms in total. The van der Waals surface area contributed by atoms with Crippen LogP contribution in [0.25, 0.3) is 17.4 Å². The molecule has 0 spiro atoms. The maximum absolute atomic E-state index is 12.4. The van der Waals surface area contributed by atoms with Crippen LogP contribution in [0.4, 0.5) is 4.79 Å². The molecule has 1 aliphatic heterocycles. The number of barbiturate groups is 1. The summed E-state index contributed by atoms with van der Waals surface area (Å²) in [5, 5.41) is 20.4. The van der Waals surface area contributed by atoms with Gasteiger partial charge in [0.15, 0.2) is 0 Å². The molecule has 1 fully saturated rings. The van der Waals surface area contributed by atoms with Gasteiger partial charge in [0, 0.05) is 12.1 Å². The van der Waals surface area contributed by atoms with E-state index in [0.29, 0.717) is 0 Å². The zero-order chi connectivity index (χ0) is 22.0. The van der Waals surface area contributed by atoms with Gasteiger partial charge in [0.2, 0.25) is 0 Å². The maximum atomic E-state index is 12.4. The van der Waals surface area contributed by atoms with Gasteiger partial charge in [0.25, 0.3) is 11.8 Å². The van der Waals surface area contributed by atoms with E-state index in [1.807, 2.05) is 5.32 Å². The van der Waals surface area contributed by atoms with E-state index in [0.717, 1.165) is 17.0 Å². The molecule has 10 heteroatoms. The first kappa shape index (κ1) is 20.3. The van der Waals surface area contributed by atoms with E-state index in [1.54, 1.807) is 0 Å². The zero-order valence-electron chi connectivity index (χ0n) is 15.2. The fourth-order valence-corrected chi connectivity index (χ4v) is 2.73. The number of nitrogens with zero attached hydrogens (tertiary/aromatic N) is 1. The number of carboxylic acid groups (broad SMARTS) is 2. The lowest BCUT2D eigenvalue weighted by atomic mass is 10.0. The number of benzene rings is 1. The molecule has 1 aliphatic rings. The van der Waals surface area contributed by atoms with Crippen LogP contribution in [0, 0.1) is 0 Å². The highest BCUT2D eigenvalue weighted by Crippen LogP contribution is 2.26. The largest absolute Gasteiger partial charge is 0.478 e. The van der Waals surface area contributed by atoms with Gasteiger partial charge < -0.3 is 14.6 Å². The Bertz CT molecular complexity index is 1110. The number of carboxylic acids is 2. The molecule has 4 amide bonds. The van der Waals surface area contributed by atoms with Gasteiger partial charge in [0.05, 0.1) is 11.1 Å². The lowest BCUT2D eigenvalue weighted by molar-refractivity contribution is -0.129. The van der Waals surface area contributed by atoms with Crippen LogP contribution in [0.2, 0.25) is 0 Å². The van der Waals surface area contributed by atoms with Gasteiger partial charge >= 0.3 is 18.0 Å². The predicted molar refractivity (Wildman–Crippen MR) is 101 cm³/mol. The van der Waals surface area contributed by atoms with Crippen molar-refractivity contribution in [3.8, 4) is 11.3 Å². The highest BCUT2D eigenvalue weighted by atomic mass is 16.4. The predicted octanol–water partition coefficient (Wildman–Crippen LogP) is 1.99. The van der Waals surface area contributed by atoms with Gasteiger partial charge in [-0.05, 0) is 36.4 Å². The van der Waals surface area contributed by atoms with E-state index < -0.39 is 29.8 Å². The number of carbonyl (C=O) groups excluding carboxylic acids is 3.